The molecule has 0 saturated carbocycles. The van der Waals surface area contributed by atoms with E-state index in [1.807, 2.05) is 0 Å². The maximum atomic E-state index is 12.0. The summed E-state index contributed by atoms with van der Waals surface area (Å²) < 4.78 is 5.15. The van der Waals surface area contributed by atoms with Gasteiger partial charge in [0.2, 0.25) is 0 Å². The van der Waals surface area contributed by atoms with E-state index >= 15 is 0 Å². The van der Waals surface area contributed by atoms with Gasteiger partial charge >= 0.3 is 17.8 Å². The highest BCUT2D eigenvalue weighted by atomic mass is 35.5. The summed E-state index contributed by atoms with van der Waals surface area (Å²) in [6.07, 6.45) is 0. The van der Waals surface area contributed by atoms with Crippen LogP contribution in [0.1, 0.15) is 12.5 Å². The molecule has 0 radical (unpaired) electrons. The van der Waals surface area contributed by atoms with Crippen LogP contribution >= 0.6 is 11.6 Å². The third kappa shape index (κ3) is 2.34. The molecule has 6 nitrogen and oxygen atoms in total. The lowest BCUT2D eigenvalue weighted by Crippen LogP contribution is -2.33. The second-order valence-corrected chi connectivity index (χ2v) is 4.62. The Morgan fingerprint density at radius 3 is 2.35 bits per heavy atom. The summed E-state index contributed by atoms with van der Waals surface area (Å²) >= 11 is 5.90. The number of methoxy groups -OCH3 is 1. The molecule has 1 aromatic carbocycles. The van der Waals surface area contributed by atoms with E-state index in [9.17, 15) is 14.4 Å². The Morgan fingerprint density at radius 1 is 1.15 bits per heavy atom. The molecule has 0 bridgehead atoms. The molecule has 106 valence electrons. The number of halogens is 1. The van der Waals surface area contributed by atoms with Crippen molar-refractivity contribution in [3.63, 3.8) is 0 Å². The minimum Gasteiger partial charge on any atom is -0.496 e. The smallest absolute Gasteiger partial charge is 0.334 e. The molecule has 1 aliphatic rings. The number of nitrogens with zero attached hydrogens (tertiary/aromatic N) is 2. The second-order valence-electron chi connectivity index (χ2n) is 4.18. The molecule has 0 N–H and O–H groups in total. The highest BCUT2D eigenvalue weighted by molar-refractivity contribution is 6.44. The molecule has 1 aliphatic heterocycles. The van der Waals surface area contributed by atoms with Crippen molar-refractivity contribution in [2.75, 3.05) is 13.7 Å². The number of imide groups is 2. The molecule has 0 unspecified atom stereocenters. The number of urea groups is 1. The van der Waals surface area contributed by atoms with Gasteiger partial charge in [-0.1, -0.05) is 11.6 Å². The minimum atomic E-state index is -0.834. The molecular weight excluding hydrogens is 284 g/mol. The first kappa shape index (κ1) is 14.3. The van der Waals surface area contributed by atoms with Crippen molar-refractivity contribution in [1.29, 1.82) is 0 Å². The number of carbonyl (C=O) groups is 3. The zero-order chi connectivity index (χ0) is 14.9. The summed E-state index contributed by atoms with van der Waals surface area (Å²) in [5.41, 5.74) is 0.562. The van der Waals surface area contributed by atoms with E-state index in [1.165, 1.54) is 7.11 Å². The van der Waals surface area contributed by atoms with Crippen molar-refractivity contribution in [3.8, 4) is 5.75 Å². The Bertz CT molecular complexity index is 588. The van der Waals surface area contributed by atoms with Crippen molar-refractivity contribution in [2.45, 2.75) is 13.5 Å². The van der Waals surface area contributed by atoms with E-state index in [0.29, 0.717) is 16.3 Å². The van der Waals surface area contributed by atoms with Crippen LogP contribution in [0.3, 0.4) is 0 Å². The average Bonchev–Trinajstić information content (AvgIpc) is 2.63. The largest absolute Gasteiger partial charge is 0.496 e. The van der Waals surface area contributed by atoms with Gasteiger partial charge in [-0.2, -0.15) is 0 Å². The van der Waals surface area contributed by atoms with Gasteiger partial charge in [-0.05, 0) is 25.1 Å². The van der Waals surface area contributed by atoms with E-state index in [0.717, 1.165) is 9.80 Å². The maximum absolute atomic E-state index is 12.0. The fraction of sp³-hybridized carbons (Fsp3) is 0.308. The van der Waals surface area contributed by atoms with Crippen LogP contribution in [0.4, 0.5) is 4.79 Å². The maximum Gasteiger partial charge on any atom is 0.334 e. The molecule has 1 saturated heterocycles. The average molecular weight is 297 g/mol. The topological polar surface area (TPSA) is 66.9 Å². The van der Waals surface area contributed by atoms with Gasteiger partial charge in [0.05, 0.1) is 13.7 Å². The number of rotatable bonds is 4. The molecule has 0 aromatic heterocycles. The van der Waals surface area contributed by atoms with Gasteiger partial charge in [0.1, 0.15) is 5.75 Å². The Morgan fingerprint density at radius 2 is 1.80 bits per heavy atom. The third-order valence-electron chi connectivity index (χ3n) is 3.02. The summed E-state index contributed by atoms with van der Waals surface area (Å²) in [7, 11) is 1.48. The molecule has 2 rings (SSSR count). The summed E-state index contributed by atoms with van der Waals surface area (Å²) in [5.74, 6) is -1.14. The van der Waals surface area contributed by atoms with Crippen LogP contribution in [0.5, 0.6) is 5.75 Å². The van der Waals surface area contributed by atoms with Crippen molar-refractivity contribution in [2.24, 2.45) is 0 Å². The predicted octanol–water partition coefficient (Wildman–Crippen LogP) is 1.66. The molecule has 0 aliphatic carbocycles. The highest BCUT2D eigenvalue weighted by Gasteiger charge is 2.43. The SMILES string of the molecule is CCN1C(=O)C(=O)N(Cc2cc(Cl)ccc2OC)C1=O. The van der Waals surface area contributed by atoms with E-state index in [4.69, 9.17) is 16.3 Å². The molecule has 1 aromatic rings. The van der Waals surface area contributed by atoms with Crippen LogP contribution < -0.4 is 4.74 Å². The van der Waals surface area contributed by atoms with Gasteiger partial charge in [0.15, 0.2) is 0 Å². The minimum absolute atomic E-state index is 0.0519. The molecule has 20 heavy (non-hydrogen) atoms. The lowest BCUT2D eigenvalue weighted by atomic mass is 10.2. The molecule has 0 atom stereocenters. The van der Waals surface area contributed by atoms with Crippen molar-refractivity contribution < 1.29 is 19.1 Å². The van der Waals surface area contributed by atoms with Gasteiger partial charge < -0.3 is 4.74 Å². The number of hydrogen-bond donors (Lipinski definition) is 0. The van der Waals surface area contributed by atoms with Gasteiger partial charge in [-0.25, -0.2) is 4.79 Å². The summed E-state index contributed by atoms with van der Waals surface area (Å²) in [4.78, 5) is 37.2. The van der Waals surface area contributed by atoms with Crippen LogP contribution in [0.15, 0.2) is 18.2 Å². The zero-order valence-corrected chi connectivity index (χ0v) is 11.8. The van der Waals surface area contributed by atoms with Gasteiger partial charge in [0, 0.05) is 17.1 Å². The number of carbonyl (C=O) groups excluding carboxylic acids is 3. The number of ether oxygens (including phenoxy) is 1. The zero-order valence-electron chi connectivity index (χ0n) is 11.1. The van der Waals surface area contributed by atoms with Crippen LogP contribution in [0.2, 0.25) is 5.02 Å². The first-order chi connectivity index (χ1) is 9.49. The molecule has 4 amide bonds. The van der Waals surface area contributed by atoms with Crippen LogP contribution in [-0.2, 0) is 16.1 Å². The summed E-state index contributed by atoms with van der Waals surface area (Å²) in [5, 5.41) is 0.457. The van der Waals surface area contributed by atoms with Crippen LogP contribution in [0, 0.1) is 0 Å². The quantitative estimate of drug-likeness (QED) is 0.626. The van der Waals surface area contributed by atoms with E-state index in [1.54, 1.807) is 25.1 Å². The molecular formula is C13H13ClN2O4. The van der Waals surface area contributed by atoms with Crippen molar-refractivity contribution in [3.05, 3.63) is 28.8 Å². The Kier molecular flexibility index (Phi) is 3.94. The van der Waals surface area contributed by atoms with Gasteiger partial charge in [0.25, 0.3) is 0 Å². The third-order valence-corrected chi connectivity index (χ3v) is 3.26. The summed E-state index contributed by atoms with van der Waals surface area (Å²) in [6.45, 7) is 1.74. The predicted molar refractivity (Wildman–Crippen MR) is 71.3 cm³/mol. The number of likely N-dealkylation sites (N-methyl/N-ethyl adjacent to an activating group) is 1. The molecule has 7 heteroatoms. The number of hydrogen-bond acceptors (Lipinski definition) is 4. The van der Waals surface area contributed by atoms with Crippen molar-refractivity contribution in [1.82, 2.24) is 9.80 Å². The monoisotopic (exact) mass is 296 g/mol. The molecule has 0 spiro atoms. The first-order valence-corrected chi connectivity index (χ1v) is 6.37. The van der Waals surface area contributed by atoms with Crippen LogP contribution in [0.25, 0.3) is 0 Å². The van der Waals surface area contributed by atoms with E-state index < -0.39 is 17.8 Å². The normalized spacial score (nSPS) is 15.2. The second kappa shape index (κ2) is 5.50. The summed E-state index contributed by atoms with van der Waals surface area (Å²) in [6, 6.07) is 4.26. The Labute approximate surface area is 120 Å². The Hall–Kier alpha value is -2.08. The van der Waals surface area contributed by atoms with Crippen LogP contribution in [-0.4, -0.2) is 41.3 Å². The standard InChI is InChI=1S/C13H13ClN2O4/c1-3-15-11(17)12(18)16(13(15)19)7-8-6-9(14)4-5-10(8)20-2/h4-6H,3,7H2,1-2H3. The lowest BCUT2D eigenvalue weighted by Gasteiger charge is -2.16. The Balaban J connectivity index is 2.31. The van der Waals surface area contributed by atoms with E-state index in [2.05, 4.69) is 0 Å². The number of benzene rings is 1. The molecule has 1 fully saturated rings. The fourth-order valence-corrected chi connectivity index (χ4v) is 2.20. The highest BCUT2D eigenvalue weighted by Crippen LogP contribution is 2.26. The lowest BCUT2D eigenvalue weighted by molar-refractivity contribution is -0.143. The van der Waals surface area contributed by atoms with Gasteiger partial charge in [-0.15, -0.1) is 0 Å². The molecule has 1 heterocycles. The number of amides is 4. The fourth-order valence-electron chi connectivity index (χ4n) is 2.01. The first-order valence-electron chi connectivity index (χ1n) is 5.99. The van der Waals surface area contributed by atoms with E-state index in [-0.39, 0.29) is 13.1 Å². The van der Waals surface area contributed by atoms with Crippen molar-refractivity contribution >= 4 is 29.4 Å². The van der Waals surface area contributed by atoms with Gasteiger partial charge in [-0.3, -0.25) is 19.4 Å².